The number of fused-ring (bicyclic) bond motifs is 5. The highest BCUT2D eigenvalue weighted by Gasteiger charge is 2.73. The number of hydrogen-bond donors (Lipinski definition) is 0. The summed E-state index contributed by atoms with van der Waals surface area (Å²) >= 11 is 0. The Labute approximate surface area is 213 Å². The van der Waals surface area contributed by atoms with Gasteiger partial charge in [0, 0.05) is 30.6 Å². The van der Waals surface area contributed by atoms with E-state index in [0.29, 0.717) is 55.2 Å². The highest BCUT2D eigenvalue weighted by atomic mass is 16.5. The summed E-state index contributed by atoms with van der Waals surface area (Å²) in [6.07, 6.45) is 6.67. The second kappa shape index (κ2) is 8.42. The van der Waals surface area contributed by atoms with E-state index < -0.39 is 0 Å². The van der Waals surface area contributed by atoms with Gasteiger partial charge in [0.2, 0.25) is 0 Å². The minimum atomic E-state index is -0.347. The average Bonchev–Trinajstić information content (AvgIpc) is 2.99. The molecule has 4 fully saturated rings. The van der Waals surface area contributed by atoms with Gasteiger partial charge in [0.1, 0.15) is 11.6 Å². The molecule has 198 valence electrons. The van der Waals surface area contributed by atoms with Gasteiger partial charge in [-0.3, -0.25) is 14.4 Å². The van der Waals surface area contributed by atoms with Crippen LogP contribution in [0, 0.1) is 56.7 Å². The first-order valence-corrected chi connectivity index (χ1v) is 14.3. The zero-order chi connectivity index (χ0) is 26.2. The number of carbonyl (C=O) groups is 3. The van der Waals surface area contributed by atoms with Crippen molar-refractivity contribution in [3.05, 3.63) is 0 Å². The molecule has 35 heavy (non-hydrogen) atoms. The summed E-state index contributed by atoms with van der Waals surface area (Å²) in [6, 6.07) is 0. The highest BCUT2D eigenvalue weighted by molar-refractivity contribution is 5.88. The van der Waals surface area contributed by atoms with Crippen molar-refractivity contribution in [3.8, 4) is 0 Å². The maximum absolute atomic E-state index is 14.3. The summed E-state index contributed by atoms with van der Waals surface area (Å²) in [5, 5.41) is 0. The van der Waals surface area contributed by atoms with E-state index in [9.17, 15) is 14.4 Å². The first kappa shape index (κ1) is 26.9. The Morgan fingerprint density at radius 1 is 1.06 bits per heavy atom. The SMILES string of the molecule is CCOC(=O)CC[C@@H](C)[C@@]1(C)CC[C@@]2(C)C3C(C(=O)C[C@@]21C)[C@@]1(C)CCC(=O)C(C)(C)[C@@H]1C[C@@H]3C. The second-order valence-corrected chi connectivity index (χ2v) is 14.5. The van der Waals surface area contributed by atoms with E-state index in [2.05, 4.69) is 55.4 Å². The van der Waals surface area contributed by atoms with Gasteiger partial charge < -0.3 is 4.74 Å². The molecule has 4 heteroatoms. The summed E-state index contributed by atoms with van der Waals surface area (Å²) in [6.45, 7) is 20.9. The van der Waals surface area contributed by atoms with Gasteiger partial charge in [-0.25, -0.2) is 0 Å². The van der Waals surface area contributed by atoms with Gasteiger partial charge >= 0.3 is 5.97 Å². The van der Waals surface area contributed by atoms with Crippen molar-refractivity contribution in [3.63, 3.8) is 0 Å². The van der Waals surface area contributed by atoms with Crippen molar-refractivity contribution in [1.29, 1.82) is 0 Å². The summed E-state index contributed by atoms with van der Waals surface area (Å²) in [5.74, 6) is 2.19. The lowest BCUT2D eigenvalue weighted by molar-refractivity contribution is -0.206. The summed E-state index contributed by atoms with van der Waals surface area (Å²) in [4.78, 5) is 39.4. The lowest BCUT2D eigenvalue weighted by Gasteiger charge is -2.68. The molecular weight excluding hydrogens is 436 g/mol. The van der Waals surface area contributed by atoms with Crippen molar-refractivity contribution in [2.45, 2.75) is 114 Å². The van der Waals surface area contributed by atoms with Gasteiger partial charge in [-0.1, -0.05) is 55.4 Å². The molecule has 2 unspecified atom stereocenters. The minimum Gasteiger partial charge on any atom is -0.466 e. The van der Waals surface area contributed by atoms with Gasteiger partial charge in [0.05, 0.1) is 6.61 Å². The molecule has 4 nitrogen and oxygen atoms in total. The van der Waals surface area contributed by atoms with Gasteiger partial charge in [-0.2, -0.15) is 0 Å². The van der Waals surface area contributed by atoms with Crippen LogP contribution in [0.4, 0.5) is 0 Å². The van der Waals surface area contributed by atoms with Crippen molar-refractivity contribution < 1.29 is 19.1 Å². The fourth-order valence-electron chi connectivity index (χ4n) is 10.5. The Morgan fingerprint density at radius 2 is 1.71 bits per heavy atom. The predicted molar refractivity (Wildman–Crippen MR) is 139 cm³/mol. The number of Topliss-reactive ketones (excluding diaryl/α,β-unsaturated/α-hetero) is 2. The number of rotatable bonds is 5. The fraction of sp³-hybridized carbons (Fsp3) is 0.903. The second-order valence-electron chi connectivity index (χ2n) is 14.5. The van der Waals surface area contributed by atoms with Crippen LogP contribution in [0.1, 0.15) is 114 Å². The number of esters is 1. The molecule has 0 aromatic rings. The molecule has 4 aliphatic rings. The molecule has 0 saturated heterocycles. The largest absolute Gasteiger partial charge is 0.466 e. The molecule has 4 aliphatic carbocycles. The number of ketones is 2. The van der Waals surface area contributed by atoms with E-state index in [1.54, 1.807) is 0 Å². The van der Waals surface area contributed by atoms with Crippen LogP contribution in [0.25, 0.3) is 0 Å². The van der Waals surface area contributed by atoms with E-state index in [-0.39, 0.29) is 44.9 Å². The lowest BCUT2D eigenvalue weighted by atomic mass is 9.35. The number of hydrogen-bond acceptors (Lipinski definition) is 4. The van der Waals surface area contributed by atoms with E-state index in [1.165, 1.54) is 0 Å². The first-order chi connectivity index (χ1) is 16.1. The predicted octanol–water partition coefficient (Wildman–Crippen LogP) is 7.04. The lowest BCUT2D eigenvalue weighted by Crippen LogP contribution is -2.66. The van der Waals surface area contributed by atoms with Crippen LogP contribution in [0.5, 0.6) is 0 Å². The van der Waals surface area contributed by atoms with Crippen LogP contribution in [0.2, 0.25) is 0 Å². The third kappa shape index (κ3) is 3.46. The molecule has 0 bridgehead atoms. The van der Waals surface area contributed by atoms with Crippen LogP contribution in [0.3, 0.4) is 0 Å². The van der Waals surface area contributed by atoms with Crippen LogP contribution in [0.15, 0.2) is 0 Å². The number of carbonyl (C=O) groups excluding carboxylic acids is 3. The normalized spacial score (nSPS) is 47.5. The van der Waals surface area contributed by atoms with E-state index in [4.69, 9.17) is 4.74 Å². The first-order valence-electron chi connectivity index (χ1n) is 14.3. The van der Waals surface area contributed by atoms with Crippen molar-refractivity contribution in [1.82, 2.24) is 0 Å². The Balaban J connectivity index is 1.70. The fourth-order valence-corrected chi connectivity index (χ4v) is 10.5. The van der Waals surface area contributed by atoms with E-state index >= 15 is 0 Å². The minimum absolute atomic E-state index is 0.00808. The standard InChI is InChI=1S/C31H50O4/c1-10-35-24(34)12-11-20(3)29(7)15-16-30(8)25-19(2)17-22-27(4,5)23(33)13-14-28(22,6)26(25)21(32)18-31(29,30)9/h19-20,22,25-26H,10-18H2,1-9H3/t19-,20+,22-,25?,26?,28-,29+,30-,31+/m0/s1. The summed E-state index contributed by atoms with van der Waals surface area (Å²) in [7, 11) is 0. The molecule has 0 aliphatic heterocycles. The molecule has 0 aromatic carbocycles. The zero-order valence-electron chi connectivity index (χ0n) is 23.9. The Morgan fingerprint density at radius 3 is 2.34 bits per heavy atom. The highest BCUT2D eigenvalue weighted by Crippen LogP contribution is 2.77. The third-order valence-corrected chi connectivity index (χ3v) is 13.0. The van der Waals surface area contributed by atoms with Crippen LogP contribution in [-0.2, 0) is 19.1 Å². The maximum Gasteiger partial charge on any atom is 0.305 e. The van der Waals surface area contributed by atoms with Crippen molar-refractivity contribution in [2.24, 2.45) is 56.7 Å². The molecule has 0 aromatic heterocycles. The summed E-state index contributed by atoms with van der Waals surface area (Å²) < 4.78 is 5.21. The van der Waals surface area contributed by atoms with Crippen molar-refractivity contribution >= 4 is 17.5 Å². The van der Waals surface area contributed by atoms with E-state index in [0.717, 1.165) is 32.1 Å². The van der Waals surface area contributed by atoms with E-state index in [1.807, 2.05) is 6.92 Å². The molecule has 0 heterocycles. The van der Waals surface area contributed by atoms with Gasteiger partial charge in [-0.15, -0.1) is 0 Å². The third-order valence-electron chi connectivity index (χ3n) is 13.0. The quantitative estimate of drug-likeness (QED) is 0.391. The molecule has 0 spiro atoms. The van der Waals surface area contributed by atoms with Gasteiger partial charge in [0.25, 0.3) is 0 Å². The Hall–Kier alpha value is -1.19. The molecule has 9 atom stereocenters. The molecule has 0 amide bonds. The van der Waals surface area contributed by atoms with Crippen molar-refractivity contribution in [2.75, 3.05) is 6.61 Å². The molecule has 4 saturated carbocycles. The smallest absolute Gasteiger partial charge is 0.305 e. The zero-order valence-corrected chi connectivity index (χ0v) is 23.9. The molecule has 0 N–H and O–H groups in total. The Bertz CT molecular complexity index is 906. The van der Waals surface area contributed by atoms with Gasteiger partial charge in [0.15, 0.2) is 0 Å². The summed E-state index contributed by atoms with van der Waals surface area (Å²) in [5.41, 5.74) is -0.445. The molecular formula is C31H50O4. The Kier molecular flexibility index (Phi) is 6.46. The average molecular weight is 487 g/mol. The van der Waals surface area contributed by atoms with Crippen LogP contribution in [-0.4, -0.2) is 24.1 Å². The monoisotopic (exact) mass is 486 g/mol. The topological polar surface area (TPSA) is 60.4 Å². The molecule has 4 rings (SSSR count). The maximum atomic E-state index is 14.3. The van der Waals surface area contributed by atoms with Crippen LogP contribution < -0.4 is 0 Å². The van der Waals surface area contributed by atoms with Crippen LogP contribution >= 0.6 is 0 Å². The molecule has 0 radical (unpaired) electrons. The number of ether oxygens (including phenoxy) is 1. The van der Waals surface area contributed by atoms with Gasteiger partial charge in [-0.05, 0) is 84.4 Å².